The zero-order chi connectivity index (χ0) is 19.9. The molecule has 0 radical (unpaired) electrons. The molecule has 0 aliphatic heterocycles. The van der Waals surface area contributed by atoms with Crippen LogP contribution in [0, 0.1) is 13.8 Å². The molecule has 0 aliphatic carbocycles. The molecule has 0 spiro atoms. The van der Waals surface area contributed by atoms with E-state index in [1.807, 2.05) is 44.2 Å². The quantitative estimate of drug-likeness (QED) is 0.139. The molecule has 0 aromatic heterocycles. The Kier molecular flexibility index (Phi) is 15.4. The standard InChI is InChI=1S/C18H27O3.C6H7.Fe/c1-3-21-18(20)14-9-7-5-4-6-8-13-17(19)16-12-10-11-15(16)2;1-6-4-2-3-5-6;/h10-12H,3-9,13-14H2,1-2H3;2-5H,1H3;/q-1;-5;. The third-order valence-electron chi connectivity index (χ3n) is 4.50. The Morgan fingerprint density at radius 3 is 2.04 bits per heavy atom. The van der Waals surface area contributed by atoms with Crippen LogP contribution in [0.15, 0.2) is 42.5 Å². The molecule has 4 heteroatoms. The number of ether oxygens (including phenoxy) is 1. The fourth-order valence-corrected chi connectivity index (χ4v) is 2.92. The van der Waals surface area contributed by atoms with Crippen LogP contribution in [0.2, 0.25) is 0 Å². The van der Waals surface area contributed by atoms with Crippen molar-refractivity contribution in [1.82, 2.24) is 0 Å². The molecule has 0 amide bonds. The predicted molar refractivity (Wildman–Crippen MR) is 111 cm³/mol. The molecule has 0 saturated heterocycles. The zero-order valence-electron chi connectivity index (χ0n) is 17.5. The molecular weight excluding hydrogens is 392 g/mol. The SMILES string of the molecule is CCOC(=O)CCCCCCCCC(=O)[c-]1cccc1C.C[c-]1[cH-][cH-][cH-][cH-]1.[Fe]. The summed E-state index contributed by atoms with van der Waals surface area (Å²) in [6.07, 6.45) is 7.46. The fourth-order valence-electron chi connectivity index (χ4n) is 2.92. The van der Waals surface area contributed by atoms with E-state index in [0.717, 1.165) is 49.7 Å². The van der Waals surface area contributed by atoms with Gasteiger partial charge in [0.25, 0.3) is 0 Å². The maximum Gasteiger partial charge on any atom is 0.305 e. The summed E-state index contributed by atoms with van der Waals surface area (Å²) in [5, 5.41) is 0. The van der Waals surface area contributed by atoms with Gasteiger partial charge in [-0.3, -0.25) is 4.79 Å². The van der Waals surface area contributed by atoms with E-state index in [2.05, 4.69) is 19.1 Å². The largest absolute Gasteiger partial charge is 0.748 e. The number of ketones is 1. The number of aryl methyl sites for hydroxylation is 2. The van der Waals surface area contributed by atoms with Gasteiger partial charge in [-0.1, -0.05) is 38.2 Å². The van der Waals surface area contributed by atoms with Crippen LogP contribution >= 0.6 is 0 Å². The Morgan fingerprint density at radius 1 is 1.00 bits per heavy atom. The van der Waals surface area contributed by atoms with Crippen molar-refractivity contribution in [3.05, 3.63) is 59.2 Å². The summed E-state index contributed by atoms with van der Waals surface area (Å²) >= 11 is 0. The molecule has 0 bridgehead atoms. The van der Waals surface area contributed by atoms with Crippen molar-refractivity contribution in [3.8, 4) is 0 Å². The topological polar surface area (TPSA) is 43.4 Å². The Bertz CT molecular complexity index is 641. The van der Waals surface area contributed by atoms with Crippen molar-refractivity contribution in [3.63, 3.8) is 0 Å². The monoisotopic (exact) mass is 426 g/mol. The van der Waals surface area contributed by atoms with Gasteiger partial charge in [-0.25, -0.2) is 19.1 Å². The van der Waals surface area contributed by atoms with E-state index in [-0.39, 0.29) is 28.8 Å². The number of hydrogen-bond donors (Lipinski definition) is 0. The van der Waals surface area contributed by atoms with Crippen molar-refractivity contribution in [2.75, 3.05) is 6.61 Å². The number of rotatable bonds is 11. The Morgan fingerprint density at radius 2 is 1.57 bits per heavy atom. The first-order valence-electron chi connectivity index (χ1n) is 10.1. The van der Waals surface area contributed by atoms with Crippen molar-refractivity contribution in [2.45, 2.75) is 72.1 Å². The maximum atomic E-state index is 11.9. The van der Waals surface area contributed by atoms with E-state index in [1.54, 1.807) is 0 Å². The molecule has 2 rings (SSSR count). The minimum atomic E-state index is -0.0897. The van der Waals surface area contributed by atoms with Gasteiger partial charge >= 0.3 is 5.97 Å². The van der Waals surface area contributed by atoms with Crippen LogP contribution in [-0.4, -0.2) is 18.4 Å². The van der Waals surface area contributed by atoms with Gasteiger partial charge in [0.2, 0.25) is 0 Å². The van der Waals surface area contributed by atoms with Gasteiger partial charge < -0.3 is 39.4 Å². The molecule has 3 nitrogen and oxygen atoms in total. The Balaban J connectivity index is 0.000000884. The fraction of sp³-hybridized carbons (Fsp3) is 0.500. The first kappa shape index (κ1) is 26.4. The van der Waals surface area contributed by atoms with Gasteiger partial charge in [-0.05, 0) is 26.2 Å². The van der Waals surface area contributed by atoms with Crippen LogP contribution in [0.25, 0.3) is 0 Å². The molecule has 0 atom stereocenters. The van der Waals surface area contributed by atoms with Crippen molar-refractivity contribution >= 4 is 11.8 Å². The number of hydrogen-bond acceptors (Lipinski definition) is 3. The average molecular weight is 426 g/mol. The Labute approximate surface area is 181 Å². The molecule has 2 aromatic carbocycles. The third kappa shape index (κ3) is 11.9. The summed E-state index contributed by atoms with van der Waals surface area (Å²) in [6.45, 7) is 6.36. The number of unbranched alkanes of at least 4 members (excludes halogenated alkanes) is 5. The summed E-state index contributed by atoms with van der Waals surface area (Å²) in [7, 11) is 0. The first-order valence-corrected chi connectivity index (χ1v) is 10.1. The summed E-state index contributed by atoms with van der Waals surface area (Å²) in [5.74, 6) is 0.174. The Hall–Kier alpha value is -1.64. The summed E-state index contributed by atoms with van der Waals surface area (Å²) in [6, 6.07) is 14.1. The zero-order valence-corrected chi connectivity index (χ0v) is 18.6. The predicted octanol–water partition coefficient (Wildman–Crippen LogP) is 6.29. The molecule has 28 heavy (non-hydrogen) atoms. The normalized spacial score (nSPS) is 9.82. The molecule has 0 heterocycles. The second-order valence-corrected chi connectivity index (χ2v) is 6.93. The van der Waals surface area contributed by atoms with E-state index in [0.29, 0.717) is 19.4 Å². The summed E-state index contributed by atoms with van der Waals surface area (Å²) < 4.78 is 4.88. The second-order valence-electron chi connectivity index (χ2n) is 6.93. The number of carbonyl (C=O) groups is 2. The van der Waals surface area contributed by atoms with E-state index in [4.69, 9.17) is 4.74 Å². The van der Waals surface area contributed by atoms with Crippen LogP contribution in [-0.2, 0) is 26.6 Å². The molecule has 0 fully saturated rings. The summed E-state index contributed by atoms with van der Waals surface area (Å²) in [4.78, 5) is 23.1. The van der Waals surface area contributed by atoms with Crippen LogP contribution in [0.3, 0.4) is 0 Å². The number of carbonyl (C=O) groups excluding carboxylic acids is 2. The smallest absolute Gasteiger partial charge is 0.305 e. The van der Waals surface area contributed by atoms with Gasteiger partial charge in [-0.15, -0.1) is 0 Å². The third-order valence-corrected chi connectivity index (χ3v) is 4.50. The number of esters is 1. The van der Waals surface area contributed by atoms with E-state index in [1.165, 1.54) is 5.56 Å². The maximum absolute atomic E-state index is 11.9. The number of Topliss-reactive ketones (excluding diaryl/α,β-unsaturated/α-hetero) is 1. The summed E-state index contributed by atoms with van der Waals surface area (Å²) in [5.41, 5.74) is 3.30. The van der Waals surface area contributed by atoms with Crippen molar-refractivity contribution in [1.29, 1.82) is 0 Å². The van der Waals surface area contributed by atoms with Crippen LogP contribution < -0.4 is 0 Å². The van der Waals surface area contributed by atoms with Crippen LogP contribution in [0.4, 0.5) is 0 Å². The van der Waals surface area contributed by atoms with Gasteiger partial charge in [-0.2, -0.15) is 11.6 Å². The van der Waals surface area contributed by atoms with Gasteiger partial charge in [0.05, 0.1) is 6.61 Å². The van der Waals surface area contributed by atoms with Gasteiger partial charge in [0, 0.05) is 23.5 Å². The van der Waals surface area contributed by atoms with Gasteiger partial charge in [0.15, 0.2) is 0 Å². The first-order chi connectivity index (χ1) is 13.0. The molecule has 0 saturated carbocycles. The molecule has 0 aliphatic rings. The molecule has 0 unspecified atom stereocenters. The van der Waals surface area contributed by atoms with Gasteiger partial charge in [0.1, 0.15) is 5.78 Å². The molecular formula is C24H34FeO3-6. The van der Waals surface area contributed by atoms with E-state index >= 15 is 0 Å². The van der Waals surface area contributed by atoms with Crippen LogP contribution in [0.1, 0.15) is 79.8 Å². The van der Waals surface area contributed by atoms with Crippen molar-refractivity contribution < 1.29 is 31.4 Å². The van der Waals surface area contributed by atoms with Crippen LogP contribution in [0.5, 0.6) is 0 Å². The molecule has 0 N–H and O–H groups in total. The molecule has 162 valence electrons. The van der Waals surface area contributed by atoms with E-state index in [9.17, 15) is 9.59 Å². The minimum Gasteiger partial charge on any atom is -0.748 e. The second kappa shape index (κ2) is 16.3. The molecule has 2 aromatic rings. The van der Waals surface area contributed by atoms with Crippen molar-refractivity contribution in [2.24, 2.45) is 0 Å². The average Bonchev–Trinajstić information content (AvgIpc) is 3.29. The van der Waals surface area contributed by atoms with E-state index < -0.39 is 0 Å². The minimum absolute atomic E-state index is 0.